The van der Waals surface area contributed by atoms with Crippen molar-refractivity contribution < 1.29 is 27.8 Å². The molecule has 1 aromatic carbocycles. The largest absolute Gasteiger partial charge is 0.493 e. The molecule has 1 aliphatic carbocycles. The van der Waals surface area contributed by atoms with E-state index in [1.165, 1.54) is 20.3 Å². The maximum Gasteiger partial charge on any atom is 0.394 e. The minimum Gasteiger partial charge on any atom is -0.493 e. The molecule has 4 nitrogen and oxygen atoms in total. The number of fused-ring (bicyclic) bond motifs is 1. The van der Waals surface area contributed by atoms with E-state index < -0.39 is 23.6 Å². The monoisotopic (exact) mass is 357 g/mol. The van der Waals surface area contributed by atoms with Gasteiger partial charge in [0.2, 0.25) is 0 Å². The predicted molar refractivity (Wildman–Crippen MR) is 86.7 cm³/mol. The molecule has 0 spiro atoms. The number of rotatable bonds is 3. The van der Waals surface area contributed by atoms with E-state index in [2.05, 4.69) is 0 Å². The van der Waals surface area contributed by atoms with Crippen LogP contribution in [0.2, 0.25) is 0 Å². The first-order valence-corrected chi connectivity index (χ1v) is 8.13. The molecule has 0 bridgehead atoms. The average molecular weight is 357 g/mol. The molecule has 3 atom stereocenters. The second kappa shape index (κ2) is 6.12. The van der Waals surface area contributed by atoms with Gasteiger partial charge in [-0.2, -0.15) is 13.2 Å². The first-order chi connectivity index (χ1) is 11.7. The highest BCUT2D eigenvalue weighted by molar-refractivity contribution is 5.50. The van der Waals surface area contributed by atoms with Crippen LogP contribution in [0.5, 0.6) is 11.5 Å². The lowest BCUT2D eigenvalue weighted by atomic mass is 9.66. The Balaban J connectivity index is 2.12. The van der Waals surface area contributed by atoms with Gasteiger partial charge in [0, 0.05) is 24.7 Å². The minimum absolute atomic E-state index is 0.177. The Morgan fingerprint density at radius 3 is 2.48 bits per heavy atom. The third-order valence-electron chi connectivity index (χ3n) is 5.44. The van der Waals surface area contributed by atoms with E-state index >= 15 is 0 Å². The van der Waals surface area contributed by atoms with Gasteiger partial charge in [0.15, 0.2) is 11.5 Å². The lowest BCUT2D eigenvalue weighted by Crippen LogP contribution is -2.45. The molecular weight excluding hydrogens is 335 g/mol. The second-order valence-corrected chi connectivity index (χ2v) is 6.72. The van der Waals surface area contributed by atoms with Gasteiger partial charge in [-0.05, 0) is 36.6 Å². The van der Waals surface area contributed by atoms with Crippen LogP contribution in [0.4, 0.5) is 13.2 Å². The van der Waals surface area contributed by atoms with E-state index in [4.69, 9.17) is 9.47 Å². The van der Waals surface area contributed by atoms with Gasteiger partial charge in [0.25, 0.3) is 0 Å². The normalized spacial score (nSPS) is 29.2. The zero-order valence-electron chi connectivity index (χ0n) is 14.4. The highest BCUT2D eigenvalue weighted by Gasteiger charge is 2.55. The van der Waals surface area contributed by atoms with E-state index in [9.17, 15) is 18.3 Å². The molecule has 0 amide bonds. The fraction of sp³-hybridized carbons (Fsp3) is 0.556. The summed E-state index contributed by atoms with van der Waals surface area (Å²) in [5, 5.41) is 10.0. The Bertz CT molecular complexity index is 689. The van der Waals surface area contributed by atoms with Crippen LogP contribution in [0.1, 0.15) is 18.4 Å². The fourth-order valence-electron chi connectivity index (χ4n) is 4.09. The number of aliphatic hydroxyl groups excluding tert-OH is 1. The summed E-state index contributed by atoms with van der Waals surface area (Å²) >= 11 is 0. The molecule has 1 fully saturated rings. The topological polar surface area (TPSA) is 41.9 Å². The van der Waals surface area contributed by atoms with Gasteiger partial charge in [-0.1, -0.05) is 6.07 Å². The van der Waals surface area contributed by atoms with Gasteiger partial charge in [0.05, 0.1) is 26.2 Å². The summed E-state index contributed by atoms with van der Waals surface area (Å²) in [6.07, 6.45) is -4.23. The van der Waals surface area contributed by atoms with Crippen LogP contribution < -0.4 is 9.47 Å². The molecule has 0 unspecified atom stereocenters. The number of hydrogen-bond donors (Lipinski definition) is 1. The maximum atomic E-state index is 13.4. The Kier molecular flexibility index (Phi) is 4.39. The van der Waals surface area contributed by atoms with Gasteiger partial charge in [-0.15, -0.1) is 0 Å². The summed E-state index contributed by atoms with van der Waals surface area (Å²) in [6, 6.07) is 5.25. The Hall–Kier alpha value is -1.89. The van der Waals surface area contributed by atoms with Crippen molar-refractivity contribution in [2.45, 2.75) is 30.5 Å². The van der Waals surface area contributed by atoms with Gasteiger partial charge in [-0.3, -0.25) is 0 Å². The molecule has 7 heteroatoms. The highest BCUT2D eigenvalue weighted by atomic mass is 19.4. The lowest BCUT2D eigenvalue weighted by molar-refractivity contribution is -0.201. The van der Waals surface area contributed by atoms with E-state index in [0.29, 0.717) is 24.5 Å². The van der Waals surface area contributed by atoms with Crippen molar-refractivity contribution in [2.24, 2.45) is 5.92 Å². The smallest absolute Gasteiger partial charge is 0.394 e. The van der Waals surface area contributed by atoms with E-state index in [-0.39, 0.29) is 6.42 Å². The van der Waals surface area contributed by atoms with Crippen LogP contribution in [0.15, 0.2) is 30.0 Å². The molecule has 25 heavy (non-hydrogen) atoms. The molecule has 1 aliphatic heterocycles. The number of allylic oxidation sites excluding steroid dienone is 1. The summed E-state index contributed by atoms with van der Waals surface area (Å²) in [7, 11) is 4.86. The quantitative estimate of drug-likeness (QED) is 0.903. The summed E-state index contributed by atoms with van der Waals surface area (Å²) in [5.41, 5.74) is 0.711. The summed E-state index contributed by atoms with van der Waals surface area (Å²) in [6.45, 7) is 0.636. The van der Waals surface area contributed by atoms with Crippen molar-refractivity contribution in [3.8, 4) is 11.5 Å². The number of aliphatic hydroxyl groups is 1. The molecule has 1 saturated heterocycles. The first kappa shape index (κ1) is 17.9. The molecule has 0 saturated carbocycles. The van der Waals surface area contributed by atoms with Gasteiger partial charge in [0.1, 0.15) is 0 Å². The summed E-state index contributed by atoms with van der Waals surface area (Å²) in [5.74, 6) is -0.767. The average Bonchev–Trinajstić information content (AvgIpc) is 2.90. The lowest BCUT2D eigenvalue weighted by Gasteiger charge is -2.41. The molecule has 2 aliphatic rings. The maximum absolute atomic E-state index is 13.4. The zero-order chi connectivity index (χ0) is 18.4. The van der Waals surface area contributed by atoms with E-state index in [1.807, 2.05) is 11.9 Å². The number of nitrogens with zero attached hydrogens (tertiary/aromatic N) is 1. The number of halogens is 3. The predicted octanol–water partition coefficient (Wildman–Crippen LogP) is 3.10. The third-order valence-corrected chi connectivity index (χ3v) is 5.44. The number of hydrogen-bond acceptors (Lipinski definition) is 4. The van der Waals surface area contributed by atoms with Crippen LogP contribution in [0.25, 0.3) is 0 Å². The van der Waals surface area contributed by atoms with Crippen LogP contribution in [-0.2, 0) is 5.41 Å². The fourth-order valence-corrected chi connectivity index (χ4v) is 4.09. The zero-order valence-corrected chi connectivity index (χ0v) is 14.4. The van der Waals surface area contributed by atoms with Gasteiger partial charge < -0.3 is 19.5 Å². The molecule has 1 heterocycles. The van der Waals surface area contributed by atoms with Crippen molar-refractivity contribution in [1.82, 2.24) is 4.90 Å². The van der Waals surface area contributed by atoms with Crippen molar-refractivity contribution in [1.29, 1.82) is 0 Å². The van der Waals surface area contributed by atoms with Gasteiger partial charge >= 0.3 is 6.18 Å². The first-order valence-electron chi connectivity index (χ1n) is 8.13. The number of benzene rings is 1. The Morgan fingerprint density at radius 2 is 1.88 bits per heavy atom. The molecule has 0 aromatic heterocycles. The van der Waals surface area contributed by atoms with Crippen LogP contribution in [0, 0.1) is 5.92 Å². The number of ether oxygens (including phenoxy) is 2. The minimum atomic E-state index is -4.45. The molecule has 3 rings (SSSR count). The Morgan fingerprint density at radius 1 is 1.20 bits per heavy atom. The van der Waals surface area contributed by atoms with Gasteiger partial charge in [-0.25, -0.2) is 0 Å². The number of alkyl halides is 3. The van der Waals surface area contributed by atoms with Crippen LogP contribution >= 0.6 is 0 Å². The Labute approximate surface area is 144 Å². The van der Waals surface area contributed by atoms with E-state index in [0.717, 1.165) is 11.3 Å². The van der Waals surface area contributed by atoms with Crippen molar-refractivity contribution >= 4 is 0 Å². The molecule has 1 aromatic rings. The molecule has 0 radical (unpaired) electrons. The SMILES string of the molecule is COc1ccc([C@]23CCN(C)C2=C[C@@H](O)[C@H](C(F)(F)F)C3)cc1OC. The van der Waals surface area contributed by atoms with Crippen molar-refractivity contribution in [2.75, 3.05) is 27.8 Å². The molecule has 1 N–H and O–H groups in total. The summed E-state index contributed by atoms with van der Waals surface area (Å²) in [4.78, 5) is 1.92. The number of likely N-dealkylation sites (tertiary alicyclic amines) is 1. The standard InChI is InChI=1S/C18H22F3NO3/c1-22-7-6-17(11-4-5-14(24-2)15(8-11)25-3)10-12(18(19,20)21)13(23)9-16(17)22/h4-5,8-9,12-13,23H,6-7,10H2,1-3H3/t12-,13-,17-/m1/s1. The second-order valence-electron chi connectivity index (χ2n) is 6.72. The van der Waals surface area contributed by atoms with Crippen molar-refractivity contribution in [3.63, 3.8) is 0 Å². The van der Waals surface area contributed by atoms with Crippen LogP contribution in [-0.4, -0.2) is 50.1 Å². The number of likely N-dealkylation sites (N-methyl/N-ethyl adjacent to an activating group) is 1. The van der Waals surface area contributed by atoms with Crippen LogP contribution in [0.3, 0.4) is 0 Å². The van der Waals surface area contributed by atoms with Crippen molar-refractivity contribution in [3.05, 3.63) is 35.5 Å². The number of methoxy groups -OCH3 is 2. The van der Waals surface area contributed by atoms with E-state index in [1.54, 1.807) is 18.2 Å². The third kappa shape index (κ3) is 2.84. The molecular formula is C18H22F3NO3. The highest BCUT2D eigenvalue weighted by Crippen LogP contribution is 2.54. The molecule has 138 valence electrons. The summed E-state index contributed by atoms with van der Waals surface area (Å²) < 4.78 is 50.9.